The minimum atomic E-state index is 0.00382. The number of amides is 1. The molecule has 0 radical (unpaired) electrons. The summed E-state index contributed by atoms with van der Waals surface area (Å²) in [6.07, 6.45) is 3.37. The molecule has 0 saturated carbocycles. The van der Waals surface area contributed by atoms with Crippen molar-refractivity contribution in [3.63, 3.8) is 0 Å². The van der Waals surface area contributed by atoms with Crippen LogP contribution in [0.4, 0.5) is 0 Å². The van der Waals surface area contributed by atoms with Crippen molar-refractivity contribution in [2.45, 2.75) is 25.4 Å². The van der Waals surface area contributed by atoms with Gasteiger partial charge in [-0.2, -0.15) is 0 Å². The van der Waals surface area contributed by atoms with Gasteiger partial charge in [0, 0.05) is 19.8 Å². The number of carbonyl (C=O) groups is 1. The second-order valence-electron chi connectivity index (χ2n) is 4.30. The van der Waals surface area contributed by atoms with E-state index in [9.17, 15) is 4.79 Å². The Morgan fingerprint density at radius 2 is 2.56 bits per heavy atom. The molecule has 2 rings (SSSR count). The molecule has 0 aliphatic carbocycles. The van der Waals surface area contributed by atoms with Crippen molar-refractivity contribution in [1.82, 2.24) is 5.32 Å². The Morgan fingerprint density at radius 3 is 3.28 bits per heavy atom. The van der Waals surface area contributed by atoms with Gasteiger partial charge in [-0.3, -0.25) is 4.79 Å². The fourth-order valence-corrected chi connectivity index (χ4v) is 2.50. The van der Waals surface area contributed by atoms with Crippen LogP contribution < -0.4 is 5.32 Å². The Balaban J connectivity index is 1.47. The SMILES string of the molecule is O=C(NCCCOC[C@H]1CCCO1)c1cccs1. The first kappa shape index (κ1) is 13.5. The summed E-state index contributed by atoms with van der Waals surface area (Å²) >= 11 is 1.46. The summed E-state index contributed by atoms with van der Waals surface area (Å²) in [4.78, 5) is 12.3. The maximum absolute atomic E-state index is 11.6. The number of carbonyl (C=O) groups excluding carboxylic acids is 1. The van der Waals surface area contributed by atoms with Gasteiger partial charge in [0.2, 0.25) is 0 Å². The van der Waals surface area contributed by atoms with Crippen LogP contribution in [0.25, 0.3) is 0 Å². The number of rotatable bonds is 7. The number of thiophene rings is 1. The molecular weight excluding hydrogens is 250 g/mol. The maximum Gasteiger partial charge on any atom is 0.261 e. The lowest BCUT2D eigenvalue weighted by atomic mass is 10.2. The molecule has 1 atom stereocenters. The number of ether oxygens (including phenoxy) is 2. The van der Waals surface area contributed by atoms with E-state index in [2.05, 4.69) is 5.32 Å². The fraction of sp³-hybridized carbons (Fsp3) is 0.615. The van der Waals surface area contributed by atoms with Gasteiger partial charge in [0.1, 0.15) is 0 Å². The molecule has 5 heteroatoms. The van der Waals surface area contributed by atoms with Gasteiger partial charge in [0.15, 0.2) is 0 Å². The predicted molar refractivity (Wildman–Crippen MR) is 71.1 cm³/mol. The van der Waals surface area contributed by atoms with E-state index in [4.69, 9.17) is 9.47 Å². The van der Waals surface area contributed by atoms with Crippen LogP contribution in [0.15, 0.2) is 17.5 Å². The maximum atomic E-state index is 11.6. The average Bonchev–Trinajstić information content (AvgIpc) is 3.05. The van der Waals surface area contributed by atoms with Crippen LogP contribution in [0, 0.1) is 0 Å². The van der Waals surface area contributed by atoms with Gasteiger partial charge in [0.25, 0.3) is 5.91 Å². The molecule has 18 heavy (non-hydrogen) atoms. The Hall–Kier alpha value is -0.910. The summed E-state index contributed by atoms with van der Waals surface area (Å²) in [6, 6.07) is 3.71. The van der Waals surface area contributed by atoms with Crippen LogP contribution in [0.5, 0.6) is 0 Å². The molecule has 1 aliphatic heterocycles. The van der Waals surface area contributed by atoms with Crippen molar-refractivity contribution < 1.29 is 14.3 Å². The van der Waals surface area contributed by atoms with Crippen LogP contribution in [0.1, 0.15) is 28.9 Å². The van der Waals surface area contributed by atoms with Gasteiger partial charge in [-0.05, 0) is 30.7 Å². The van der Waals surface area contributed by atoms with E-state index in [-0.39, 0.29) is 12.0 Å². The minimum absolute atomic E-state index is 0.00382. The zero-order valence-corrected chi connectivity index (χ0v) is 11.2. The first-order valence-electron chi connectivity index (χ1n) is 6.37. The molecule has 2 heterocycles. The standard InChI is InChI=1S/C13H19NO3S/c15-13(12-5-2-9-18-12)14-6-3-7-16-10-11-4-1-8-17-11/h2,5,9,11H,1,3-4,6-8,10H2,(H,14,15)/t11-/m1/s1. The number of hydrogen-bond acceptors (Lipinski definition) is 4. The predicted octanol–water partition coefficient (Wildman–Crippen LogP) is 2.06. The average molecular weight is 269 g/mol. The lowest BCUT2D eigenvalue weighted by molar-refractivity contribution is 0.0166. The molecule has 1 aromatic rings. The zero-order valence-electron chi connectivity index (χ0n) is 10.4. The highest BCUT2D eigenvalue weighted by Crippen LogP contribution is 2.11. The Morgan fingerprint density at radius 1 is 1.61 bits per heavy atom. The van der Waals surface area contributed by atoms with Crippen LogP contribution in [-0.2, 0) is 9.47 Å². The third-order valence-corrected chi connectivity index (χ3v) is 3.69. The molecule has 0 aromatic carbocycles. The number of hydrogen-bond donors (Lipinski definition) is 1. The quantitative estimate of drug-likeness (QED) is 0.771. The zero-order chi connectivity index (χ0) is 12.6. The van der Waals surface area contributed by atoms with E-state index in [1.54, 1.807) is 0 Å². The molecule has 0 spiro atoms. The van der Waals surface area contributed by atoms with Gasteiger partial charge in [-0.25, -0.2) is 0 Å². The van der Waals surface area contributed by atoms with Crippen molar-refractivity contribution in [2.24, 2.45) is 0 Å². The largest absolute Gasteiger partial charge is 0.379 e. The highest BCUT2D eigenvalue weighted by molar-refractivity contribution is 7.12. The van der Waals surface area contributed by atoms with Crippen molar-refractivity contribution in [3.8, 4) is 0 Å². The van der Waals surface area contributed by atoms with Gasteiger partial charge < -0.3 is 14.8 Å². The summed E-state index contributed by atoms with van der Waals surface area (Å²) in [7, 11) is 0. The lowest BCUT2D eigenvalue weighted by Crippen LogP contribution is -2.25. The van der Waals surface area contributed by atoms with Gasteiger partial charge >= 0.3 is 0 Å². The third kappa shape index (κ3) is 4.40. The number of nitrogens with one attached hydrogen (secondary N) is 1. The van der Waals surface area contributed by atoms with E-state index in [0.717, 1.165) is 30.7 Å². The second kappa shape index (κ2) is 7.51. The van der Waals surface area contributed by atoms with Crippen molar-refractivity contribution >= 4 is 17.2 Å². The molecule has 1 N–H and O–H groups in total. The molecule has 1 aliphatic rings. The van der Waals surface area contributed by atoms with Crippen molar-refractivity contribution in [3.05, 3.63) is 22.4 Å². The second-order valence-corrected chi connectivity index (χ2v) is 5.24. The molecule has 0 bridgehead atoms. The summed E-state index contributed by atoms with van der Waals surface area (Å²) in [5.41, 5.74) is 0. The molecule has 1 amide bonds. The third-order valence-electron chi connectivity index (χ3n) is 2.82. The topological polar surface area (TPSA) is 47.6 Å². The van der Waals surface area contributed by atoms with Crippen molar-refractivity contribution in [2.75, 3.05) is 26.4 Å². The molecule has 4 nitrogen and oxygen atoms in total. The van der Waals surface area contributed by atoms with Gasteiger partial charge in [-0.15, -0.1) is 11.3 Å². The van der Waals surface area contributed by atoms with Crippen LogP contribution >= 0.6 is 11.3 Å². The van der Waals surface area contributed by atoms with Crippen molar-refractivity contribution in [1.29, 1.82) is 0 Å². The van der Waals surface area contributed by atoms with Crippen LogP contribution in [0.3, 0.4) is 0 Å². The van der Waals surface area contributed by atoms with E-state index in [0.29, 0.717) is 19.8 Å². The van der Waals surface area contributed by atoms with Gasteiger partial charge in [-0.1, -0.05) is 6.07 Å². The highest BCUT2D eigenvalue weighted by Gasteiger charge is 2.14. The molecule has 0 unspecified atom stereocenters. The Bertz CT molecular complexity index is 347. The molecule has 1 fully saturated rings. The molecule has 100 valence electrons. The normalized spacial score (nSPS) is 19.0. The summed E-state index contributed by atoms with van der Waals surface area (Å²) in [5.74, 6) is 0.00382. The monoisotopic (exact) mass is 269 g/mol. The summed E-state index contributed by atoms with van der Waals surface area (Å²) in [6.45, 7) is 2.87. The summed E-state index contributed by atoms with van der Waals surface area (Å²) < 4.78 is 11.0. The smallest absolute Gasteiger partial charge is 0.261 e. The highest BCUT2D eigenvalue weighted by atomic mass is 32.1. The Kier molecular flexibility index (Phi) is 5.64. The van der Waals surface area contributed by atoms with Gasteiger partial charge in [0.05, 0.1) is 17.6 Å². The first-order valence-corrected chi connectivity index (χ1v) is 7.25. The van der Waals surface area contributed by atoms with E-state index in [1.165, 1.54) is 11.3 Å². The molecule has 1 aromatic heterocycles. The fourth-order valence-electron chi connectivity index (χ4n) is 1.86. The van der Waals surface area contributed by atoms with Crippen LogP contribution in [-0.4, -0.2) is 38.4 Å². The van der Waals surface area contributed by atoms with E-state index in [1.807, 2.05) is 17.5 Å². The van der Waals surface area contributed by atoms with E-state index >= 15 is 0 Å². The Labute approximate surface area is 111 Å². The first-order chi connectivity index (χ1) is 8.86. The summed E-state index contributed by atoms with van der Waals surface area (Å²) in [5, 5.41) is 4.78. The lowest BCUT2D eigenvalue weighted by Gasteiger charge is -2.10. The minimum Gasteiger partial charge on any atom is -0.379 e. The van der Waals surface area contributed by atoms with E-state index < -0.39 is 0 Å². The molecular formula is C13H19NO3S. The van der Waals surface area contributed by atoms with Crippen LogP contribution in [0.2, 0.25) is 0 Å². The molecule has 1 saturated heterocycles.